The highest BCUT2D eigenvalue weighted by Gasteiger charge is 2.22. The summed E-state index contributed by atoms with van der Waals surface area (Å²) in [5.74, 6) is 0.621. The lowest BCUT2D eigenvalue weighted by Gasteiger charge is -2.35. The van der Waals surface area contributed by atoms with Gasteiger partial charge in [0.15, 0.2) is 0 Å². The Balaban J connectivity index is 2.30. The fourth-order valence-electron chi connectivity index (χ4n) is 3.90. The van der Waals surface area contributed by atoms with Gasteiger partial charge in [0.25, 0.3) is 0 Å². The van der Waals surface area contributed by atoms with Gasteiger partial charge in [0.05, 0.1) is 0 Å². The summed E-state index contributed by atoms with van der Waals surface area (Å²) in [7, 11) is 0. The van der Waals surface area contributed by atoms with E-state index in [-0.39, 0.29) is 5.97 Å². The van der Waals surface area contributed by atoms with Crippen molar-refractivity contribution in [1.82, 2.24) is 4.90 Å². The predicted octanol–water partition coefficient (Wildman–Crippen LogP) is 4.96. The molecule has 0 radical (unpaired) electrons. The molecular formula is C20H37NO2. The Morgan fingerprint density at radius 2 is 2.00 bits per heavy atom. The third kappa shape index (κ3) is 8.55. The van der Waals surface area contributed by atoms with Crippen LogP contribution in [0.5, 0.6) is 0 Å². The number of carbonyl (C=O) groups excluding carboxylic acids is 1. The molecule has 0 N–H and O–H groups in total. The molecule has 0 saturated carbocycles. The van der Waals surface area contributed by atoms with Crippen molar-refractivity contribution in [1.29, 1.82) is 0 Å². The summed E-state index contributed by atoms with van der Waals surface area (Å²) >= 11 is 0. The third-order valence-electron chi connectivity index (χ3n) is 5.08. The Morgan fingerprint density at radius 3 is 2.65 bits per heavy atom. The minimum Gasteiger partial charge on any atom is -0.461 e. The third-order valence-corrected chi connectivity index (χ3v) is 5.08. The van der Waals surface area contributed by atoms with Crippen LogP contribution in [0.2, 0.25) is 0 Å². The van der Waals surface area contributed by atoms with Crippen molar-refractivity contribution in [3.8, 4) is 0 Å². The van der Waals surface area contributed by atoms with E-state index in [0.29, 0.717) is 12.6 Å². The molecule has 0 bridgehead atoms. The first-order chi connectivity index (χ1) is 11.2. The van der Waals surface area contributed by atoms with Crippen molar-refractivity contribution in [2.75, 3.05) is 19.7 Å². The lowest BCUT2D eigenvalue weighted by molar-refractivity contribution is -0.138. The zero-order valence-corrected chi connectivity index (χ0v) is 15.4. The van der Waals surface area contributed by atoms with E-state index in [4.69, 9.17) is 4.74 Å². The molecule has 23 heavy (non-hydrogen) atoms. The summed E-state index contributed by atoms with van der Waals surface area (Å²) in [5.41, 5.74) is 0. The van der Waals surface area contributed by atoms with Gasteiger partial charge in [0, 0.05) is 18.7 Å². The van der Waals surface area contributed by atoms with Gasteiger partial charge in [-0.15, -0.1) is 0 Å². The van der Waals surface area contributed by atoms with E-state index >= 15 is 0 Å². The van der Waals surface area contributed by atoms with Gasteiger partial charge in [0.2, 0.25) is 0 Å². The van der Waals surface area contributed by atoms with Crippen molar-refractivity contribution < 1.29 is 9.53 Å². The lowest BCUT2D eigenvalue weighted by Crippen LogP contribution is -2.41. The summed E-state index contributed by atoms with van der Waals surface area (Å²) in [6, 6.07) is 0.690. The maximum Gasteiger partial charge on any atom is 0.330 e. The molecule has 0 spiro atoms. The molecule has 0 aromatic heterocycles. The molecule has 1 heterocycles. The average Bonchev–Trinajstić information content (AvgIpc) is 2.56. The molecule has 1 atom stereocenters. The molecule has 1 saturated heterocycles. The van der Waals surface area contributed by atoms with Gasteiger partial charge in [-0.25, -0.2) is 4.79 Å². The van der Waals surface area contributed by atoms with Crippen molar-refractivity contribution in [2.45, 2.75) is 84.1 Å². The standard InChI is InChI=1S/C20H37NO2/c1-4-10-18(11-5-2)12-9-14-19-13-7-8-15-21(19)16-17-23-20(22)6-3/h6,18-19H,3-5,7-17H2,1-2H3. The predicted molar refractivity (Wildman–Crippen MR) is 97.5 cm³/mol. The number of carbonyl (C=O) groups is 1. The Hall–Kier alpha value is -0.830. The molecule has 1 unspecified atom stereocenters. The van der Waals surface area contributed by atoms with Gasteiger partial charge in [-0.1, -0.05) is 65.4 Å². The lowest BCUT2D eigenvalue weighted by atomic mass is 9.90. The Bertz CT molecular complexity index is 324. The maximum atomic E-state index is 11.1. The van der Waals surface area contributed by atoms with Gasteiger partial charge in [-0.05, 0) is 31.7 Å². The van der Waals surface area contributed by atoms with Crippen LogP contribution in [0.3, 0.4) is 0 Å². The number of piperidine rings is 1. The second-order valence-corrected chi connectivity index (χ2v) is 6.93. The van der Waals surface area contributed by atoms with Gasteiger partial charge in [0.1, 0.15) is 6.61 Å². The van der Waals surface area contributed by atoms with Crippen molar-refractivity contribution in [2.24, 2.45) is 5.92 Å². The van der Waals surface area contributed by atoms with E-state index in [1.54, 1.807) is 0 Å². The summed E-state index contributed by atoms with van der Waals surface area (Å²) in [6.07, 6.45) is 14.6. The van der Waals surface area contributed by atoms with E-state index in [0.717, 1.165) is 19.0 Å². The van der Waals surface area contributed by atoms with Crippen LogP contribution < -0.4 is 0 Å². The molecule has 134 valence electrons. The highest BCUT2D eigenvalue weighted by Crippen LogP contribution is 2.25. The first kappa shape index (κ1) is 20.2. The quantitative estimate of drug-likeness (QED) is 0.376. The SMILES string of the molecule is C=CC(=O)OCCN1CCCCC1CCCC(CCC)CCC. The normalized spacial score (nSPS) is 19.0. The van der Waals surface area contributed by atoms with E-state index in [1.807, 2.05) is 0 Å². The minimum atomic E-state index is -0.305. The summed E-state index contributed by atoms with van der Waals surface area (Å²) in [5, 5.41) is 0. The first-order valence-corrected chi connectivity index (χ1v) is 9.74. The molecule has 1 fully saturated rings. The van der Waals surface area contributed by atoms with Crippen molar-refractivity contribution in [3.05, 3.63) is 12.7 Å². The van der Waals surface area contributed by atoms with Crippen LogP contribution in [0.1, 0.15) is 78.1 Å². The summed E-state index contributed by atoms with van der Waals surface area (Å²) in [4.78, 5) is 13.7. The van der Waals surface area contributed by atoms with Gasteiger partial charge >= 0.3 is 5.97 Å². The number of esters is 1. The van der Waals surface area contributed by atoms with E-state index in [2.05, 4.69) is 25.3 Å². The van der Waals surface area contributed by atoms with Crippen LogP contribution >= 0.6 is 0 Å². The van der Waals surface area contributed by atoms with Crippen molar-refractivity contribution >= 4 is 5.97 Å². The second kappa shape index (κ2) is 12.6. The van der Waals surface area contributed by atoms with Gasteiger partial charge < -0.3 is 4.74 Å². The molecule has 0 aromatic carbocycles. The monoisotopic (exact) mass is 323 g/mol. The summed E-state index contributed by atoms with van der Waals surface area (Å²) < 4.78 is 5.15. The number of nitrogens with zero attached hydrogens (tertiary/aromatic N) is 1. The van der Waals surface area contributed by atoms with Crippen LogP contribution in [0, 0.1) is 5.92 Å². The van der Waals surface area contributed by atoms with Crippen LogP contribution in [0.4, 0.5) is 0 Å². The van der Waals surface area contributed by atoms with Crippen LogP contribution in [0.25, 0.3) is 0 Å². The largest absolute Gasteiger partial charge is 0.461 e. The zero-order chi connectivity index (χ0) is 16.9. The van der Waals surface area contributed by atoms with Gasteiger partial charge in [-0.3, -0.25) is 4.90 Å². The molecular weight excluding hydrogens is 286 g/mol. The molecule has 1 aliphatic heterocycles. The Kier molecular flexibility index (Phi) is 11.1. The fourth-order valence-corrected chi connectivity index (χ4v) is 3.90. The van der Waals surface area contributed by atoms with E-state index < -0.39 is 0 Å². The van der Waals surface area contributed by atoms with Crippen LogP contribution in [-0.2, 0) is 9.53 Å². The number of likely N-dealkylation sites (tertiary alicyclic amines) is 1. The fraction of sp³-hybridized carbons (Fsp3) is 0.850. The average molecular weight is 324 g/mol. The summed E-state index contributed by atoms with van der Waals surface area (Å²) in [6.45, 7) is 10.6. The topological polar surface area (TPSA) is 29.5 Å². The Morgan fingerprint density at radius 1 is 1.26 bits per heavy atom. The number of hydrogen-bond donors (Lipinski definition) is 0. The molecule has 1 aliphatic rings. The minimum absolute atomic E-state index is 0.305. The second-order valence-electron chi connectivity index (χ2n) is 6.93. The highest BCUT2D eigenvalue weighted by molar-refractivity contribution is 5.81. The molecule has 3 nitrogen and oxygen atoms in total. The van der Waals surface area contributed by atoms with E-state index in [9.17, 15) is 4.79 Å². The molecule has 1 rings (SSSR count). The molecule has 0 amide bonds. The first-order valence-electron chi connectivity index (χ1n) is 9.74. The van der Waals surface area contributed by atoms with Crippen LogP contribution in [-0.4, -0.2) is 36.6 Å². The maximum absolute atomic E-state index is 11.1. The smallest absolute Gasteiger partial charge is 0.330 e. The highest BCUT2D eigenvalue weighted by atomic mass is 16.5. The number of rotatable bonds is 12. The zero-order valence-electron chi connectivity index (χ0n) is 15.4. The number of hydrogen-bond acceptors (Lipinski definition) is 3. The molecule has 0 aromatic rings. The molecule has 3 heteroatoms. The van der Waals surface area contributed by atoms with Crippen molar-refractivity contribution in [3.63, 3.8) is 0 Å². The van der Waals surface area contributed by atoms with E-state index in [1.165, 1.54) is 70.3 Å². The number of ether oxygens (including phenoxy) is 1. The Labute approximate surface area is 143 Å². The van der Waals surface area contributed by atoms with Gasteiger partial charge in [-0.2, -0.15) is 0 Å². The molecule has 0 aliphatic carbocycles. The van der Waals surface area contributed by atoms with Crippen LogP contribution in [0.15, 0.2) is 12.7 Å².